The van der Waals surface area contributed by atoms with Crippen LogP contribution in [-0.2, 0) is 11.3 Å². The summed E-state index contributed by atoms with van der Waals surface area (Å²) in [6, 6.07) is 6.49. The van der Waals surface area contributed by atoms with Gasteiger partial charge in [0.15, 0.2) is 0 Å². The van der Waals surface area contributed by atoms with E-state index in [9.17, 15) is 4.79 Å². The second-order valence-electron chi connectivity index (χ2n) is 5.35. The van der Waals surface area contributed by atoms with Crippen LogP contribution in [0.25, 0.3) is 0 Å². The number of carbonyl (C=O) groups excluding carboxylic acids is 1. The Bertz CT molecular complexity index is 474. The van der Waals surface area contributed by atoms with Gasteiger partial charge in [-0.1, -0.05) is 6.07 Å². The molecule has 0 spiro atoms. The Labute approximate surface area is 121 Å². The zero-order valence-electron chi connectivity index (χ0n) is 12.6. The standard InChI is InChI=1S/C16H24N2O2/c1-12(17-2)13-7-8-15(20-3)14(10-13)11-18-9-5-4-6-16(18)19/h7-8,10,12,17H,4-6,9,11H2,1-3H3. The van der Waals surface area contributed by atoms with Crippen LogP contribution in [0.15, 0.2) is 18.2 Å². The van der Waals surface area contributed by atoms with Gasteiger partial charge in [0.25, 0.3) is 0 Å². The van der Waals surface area contributed by atoms with Crippen LogP contribution < -0.4 is 10.1 Å². The van der Waals surface area contributed by atoms with Crippen molar-refractivity contribution in [3.8, 4) is 5.75 Å². The van der Waals surface area contributed by atoms with E-state index < -0.39 is 0 Å². The zero-order chi connectivity index (χ0) is 14.5. The highest BCUT2D eigenvalue weighted by Gasteiger charge is 2.20. The van der Waals surface area contributed by atoms with E-state index in [2.05, 4.69) is 24.4 Å². The van der Waals surface area contributed by atoms with Gasteiger partial charge in [-0.25, -0.2) is 0 Å². The fourth-order valence-electron chi connectivity index (χ4n) is 2.59. The summed E-state index contributed by atoms with van der Waals surface area (Å²) >= 11 is 0. The van der Waals surface area contributed by atoms with Crippen molar-refractivity contribution in [1.82, 2.24) is 10.2 Å². The molecule has 1 N–H and O–H groups in total. The minimum Gasteiger partial charge on any atom is -0.496 e. The van der Waals surface area contributed by atoms with Crippen molar-refractivity contribution < 1.29 is 9.53 Å². The van der Waals surface area contributed by atoms with Gasteiger partial charge in [0, 0.05) is 31.1 Å². The number of piperidine rings is 1. The smallest absolute Gasteiger partial charge is 0.222 e. The van der Waals surface area contributed by atoms with Gasteiger partial charge in [0.05, 0.1) is 7.11 Å². The van der Waals surface area contributed by atoms with E-state index in [0.29, 0.717) is 13.0 Å². The van der Waals surface area contributed by atoms with E-state index in [0.717, 1.165) is 30.7 Å². The number of nitrogens with one attached hydrogen (secondary N) is 1. The number of hydrogen-bond donors (Lipinski definition) is 1. The summed E-state index contributed by atoms with van der Waals surface area (Å²) < 4.78 is 5.43. The number of ether oxygens (including phenoxy) is 1. The van der Waals surface area contributed by atoms with Crippen molar-refractivity contribution in [3.05, 3.63) is 29.3 Å². The van der Waals surface area contributed by atoms with Crippen LogP contribution in [0, 0.1) is 0 Å². The molecular formula is C16H24N2O2. The summed E-state index contributed by atoms with van der Waals surface area (Å²) in [4.78, 5) is 13.9. The molecule has 4 nitrogen and oxygen atoms in total. The molecule has 2 rings (SSSR count). The summed E-state index contributed by atoms with van der Waals surface area (Å²) in [5.74, 6) is 1.11. The molecular weight excluding hydrogens is 252 g/mol. The van der Waals surface area contributed by atoms with Gasteiger partial charge < -0.3 is 15.0 Å². The molecule has 1 aliphatic rings. The summed E-state index contributed by atoms with van der Waals surface area (Å²) in [6.45, 7) is 3.62. The zero-order valence-corrected chi connectivity index (χ0v) is 12.6. The summed E-state index contributed by atoms with van der Waals surface area (Å²) in [5.41, 5.74) is 2.30. The van der Waals surface area contributed by atoms with Crippen molar-refractivity contribution in [2.24, 2.45) is 0 Å². The Morgan fingerprint density at radius 3 is 2.85 bits per heavy atom. The first-order valence-corrected chi connectivity index (χ1v) is 7.27. The molecule has 1 aromatic carbocycles. The van der Waals surface area contributed by atoms with Crippen LogP contribution in [0.1, 0.15) is 43.4 Å². The molecule has 110 valence electrons. The van der Waals surface area contributed by atoms with Gasteiger partial charge in [0.2, 0.25) is 5.91 Å². The molecule has 0 aliphatic carbocycles. The highest BCUT2D eigenvalue weighted by Crippen LogP contribution is 2.26. The first-order valence-electron chi connectivity index (χ1n) is 7.27. The first kappa shape index (κ1) is 14.9. The largest absolute Gasteiger partial charge is 0.496 e. The van der Waals surface area contributed by atoms with Gasteiger partial charge in [-0.3, -0.25) is 4.79 Å². The Kier molecular flexibility index (Phi) is 5.01. The molecule has 4 heteroatoms. The molecule has 0 saturated carbocycles. The third kappa shape index (κ3) is 3.31. The third-order valence-corrected chi connectivity index (χ3v) is 4.02. The summed E-state index contributed by atoms with van der Waals surface area (Å²) in [5, 5.41) is 3.24. The Morgan fingerprint density at radius 2 is 2.20 bits per heavy atom. The number of rotatable bonds is 5. The number of amides is 1. The number of nitrogens with zero attached hydrogens (tertiary/aromatic N) is 1. The Hall–Kier alpha value is -1.55. The van der Waals surface area contributed by atoms with Crippen molar-refractivity contribution in [2.75, 3.05) is 20.7 Å². The molecule has 0 aromatic heterocycles. The molecule has 1 unspecified atom stereocenters. The fourth-order valence-corrected chi connectivity index (χ4v) is 2.59. The lowest BCUT2D eigenvalue weighted by Crippen LogP contribution is -2.34. The van der Waals surface area contributed by atoms with Crippen LogP contribution in [-0.4, -0.2) is 31.5 Å². The van der Waals surface area contributed by atoms with Gasteiger partial charge in [-0.2, -0.15) is 0 Å². The van der Waals surface area contributed by atoms with Crippen molar-refractivity contribution >= 4 is 5.91 Å². The quantitative estimate of drug-likeness (QED) is 0.898. The van der Waals surface area contributed by atoms with Gasteiger partial charge in [0.1, 0.15) is 5.75 Å². The average molecular weight is 276 g/mol. The molecule has 1 fully saturated rings. The predicted octanol–water partition coefficient (Wildman–Crippen LogP) is 2.49. The molecule has 20 heavy (non-hydrogen) atoms. The lowest BCUT2D eigenvalue weighted by Gasteiger charge is -2.27. The van der Waals surface area contributed by atoms with Crippen LogP contribution in [0.4, 0.5) is 0 Å². The molecule has 1 amide bonds. The van der Waals surface area contributed by atoms with E-state index in [1.54, 1.807) is 7.11 Å². The minimum absolute atomic E-state index is 0.255. The van der Waals surface area contributed by atoms with Crippen LogP contribution >= 0.6 is 0 Å². The number of benzene rings is 1. The van der Waals surface area contributed by atoms with E-state index >= 15 is 0 Å². The summed E-state index contributed by atoms with van der Waals surface area (Å²) in [7, 11) is 3.63. The fraction of sp³-hybridized carbons (Fsp3) is 0.562. The Morgan fingerprint density at radius 1 is 1.40 bits per heavy atom. The topological polar surface area (TPSA) is 41.6 Å². The first-order chi connectivity index (χ1) is 9.65. The Balaban J connectivity index is 2.21. The van der Waals surface area contributed by atoms with Crippen LogP contribution in [0.3, 0.4) is 0 Å². The molecule has 1 aromatic rings. The van der Waals surface area contributed by atoms with Crippen LogP contribution in [0.2, 0.25) is 0 Å². The monoisotopic (exact) mass is 276 g/mol. The molecule has 1 saturated heterocycles. The maximum Gasteiger partial charge on any atom is 0.222 e. The number of carbonyl (C=O) groups is 1. The second-order valence-corrected chi connectivity index (χ2v) is 5.35. The minimum atomic E-state index is 0.255. The second kappa shape index (κ2) is 6.75. The molecule has 0 bridgehead atoms. The average Bonchev–Trinajstić information content (AvgIpc) is 2.48. The predicted molar refractivity (Wildman–Crippen MR) is 79.7 cm³/mol. The number of hydrogen-bond acceptors (Lipinski definition) is 3. The van der Waals surface area contributed by atoms with Gasteiger partial charge >= 0.3 is 0 Å². The third-order valence-electron chi connectivity index (χ3n) is 4.02. The number of methoxy groups -OCH3 is 1. The number of likely N-dealkylation sites (tertiary alicyclic amines) is 1. The van der Waals surface area contributed by atoms with E-state index in [-0.39, 0.29) is 11.9 Å². The normalized spacial score (nSPS) is 17.1. The van der Waals surface area contributed by atoms with E-state index in [1.165, 1.54) is 5.56 Å². The van der Waals surface area contributed by atoms with Crippen LogP contribution in [0.5, 0.6) is 5.75 Å². The lowest BCUT2D eigenvalue weighted by atomic mass is 10.0. The van der Waals surface area contributed by atoms with Gasteiger partial charge in [-0.05, 0) is 44.5 Å². The molecule has 1 atom stereocenters. The van der Waals surface area contributed by atoms with Gasteiger partial charge in [-0.15, -0.1) is 0 Å². The molecule has 1 aliphatic heterocycles. The maximum atomic E-state index is 11.9. The SMILES string of the molecule is CNC(C)c1ccc(OC)c(CN2CCCCC2=O)c1. The van der Waals surface area contributed by atoms with Crippen molar-refractivity contribution in [2.45, 2.75) is 38.8 Å². The maximum absolute atomic E-state index is 11.9. The molecule has 1 heterocycles. The highest BCUT2D eigenvalue weighted by molar-refractivity contribution is 5.76. The van der Waals surface area contributed by atoms with Crippen molar-refractivity contribution in [3.63, 3.8) is 0 Å². The highest BCUT2D eigenvalue weighted by atomic mass is 16.5. The van der Waals surface area contributed by atoms with E-state index in [4.69, 9.17) is 4.74 Å². The van der Waals surface area contributed by atoms with Crippen molar-refractivity contribution in [1.29, 1.82) is 0 Å². The van der Waals surface area contributed by atoms with E-state index in [1.807, 2.05) is 18.0 Å². The lowest BCUT2D eigenvalue weighted by molar-refractivity contribution is -0.133. The summed E-state index contributed by atoms with van der Waals surface area (Å²) in [6.07, 6.45) is 2.79. The molecule has 0 radical (unpaired) electrons.